The van der Waals surface area contributed by atoms with Crippen molar-refractivity contribution in [2.24, 2.45) is 0 Å². The Hall–Kier alpha value is -0.680. The van der Waals surface area contributed by atoms with Gasteiger partial charge < -0.3 is 10.1 Å². The van der Waals surface area contributed by atoms with Crippen molar-refractivity contribution < 1.29 is 4.74 Å². The molecule has 4 nitrogen and oxygen atoms in total. The molecular formula is C12H18BrN3O. The van der Waals surface area contributed by atoms with Crippen molar-refractivity contribution in [2.45, 2.75) is 38.7 Å². The number of hydrogen-bond acceptors (Lipinski definition) is 4. The van der Waals surface area contributed by atoms with Crippen LogP contribution in [0.15, 0.2) is 10.7 Å². The predicted octanol–water partition coefficient (Wildman–Crippen LogP) is 2.78. The third kappa shape index (κ3) is 3.92. The van der Waals surface area contributed by atoms with E-state index in [1.54, 1.807) is 0 Å². The van der Waals surface area contributed by atoms with Crippen LogP contribution in [0.3, 0.4) is 0 Å². The summed E-state index contributed by atoms with van der Waals surface area (Å²) in [5.74, 6) is 1.77. The van der Waals surface area contributed by atoms with E-state index in [4.69, 9.17) is 4.74 Å². The number of halogens is 1. The molecule has 1 aromatic rings. The van der Waals surface area contributed by atoms with Gasteiger partial charge in [0.15, 0.2) is 0 Å². The quantitative estimate of drug-likeness (QED) is 0.849. The number of aryl methyl sites for hydroxylation is 1. The topological polar surface area (TPSA) is 47.0 Å². The van der Waals surface area contributed by atoms with Crippen molar-refractivity contribution >= 4 is 21.7 Å². The van der Waals surface area contributed by atoms with E-state index in [-0.39, 0.29) is 0 Å². The largest absolute Gasteiger partial charge is 0.376 e. The molecule has 5 heteroatoms. The van der Waals surface area contributed by atoms with Gasteiger partial charge in [-0.3, -0.25) is 0 Å². The smallest absolute Gasteiger partial charge is 0.132 e. The predicted molar refractivity (Wildman–Crippen MR) is 71.2 cm³/mol. The molecule has 1 atom stereocenters. The second-order valence-corrected chi connectivity index (χ2v) is 5.07. The first kappa shape index (κ1) is 12.8. The zero-order valence-corrected chi connectivity index (χ0v) is 11.7. The van der Waals surface area contributed by atoms with Gasteiger partial charge in [-0.2, -0.15) is 0 Å². The third-order valence-corrected chi connectivity index (χ3v) is 3.16. The fourth-order valence-corrected chi connectivity index (χ4v) is 2.34. The van der Waals surface area contributed by atoms with Crippen LogP contribution < -0.4 is 5.32 Å². The van der Waals surface area contributed by atoms with Crippen LogP contribution >= 0.6 is 15.9 Å². The van der Waals surface area contributed by atoms with Crippen LogP contribution in [0.4, 0.5) is 5.82 Å². The summed E-state index contributed by atoms with van der Waals surface area (Å²) in [6, 6.07) is 1.91. The normalized spacial score (nSPS) is 19.5. The van der Waals surface area contributed by atoms with Crippen LogP contribution in [0, 0.1) is 0 Å². The molecule has 0 bridgehead atoms. The van der Waals surface area contributed by atoms with Gasteiger partial charge >= 0.3 is 0 Å². The summed E-state index contributed by atoms with van der Waals surface area (Å²) in [7, 11) is 0. The number of nitrogens with zero attached hydrogens (tertiary/aromatic N) is 2. The summed E-state index contributed by atoms with van der Waals surface area (Å²) in [5, 5.41) is 3.32. The zero-order valence-electron chi connectivity index (χ0n) is 10.1. The lowest BCUT2D eigenvalue weighted by Crippen LogP contribution is -2.19. The molecule has 2 rings (SSSR count). The molecular weight excluding hydrogens is 282 g/mol. The molecule has 1 fully saturated rings. The van der Waals surface area contributed by atoms with Gasteiger partial charge in [-0.15, -0.1) is 0 Å². The number of ether oxygens (including phenoxy) is 1. The van der Waals surface area contributed by atoms with E-state index in [9.17, 15) is 0 Å². The minimum atomic E-state index is 0.332. The molecule has 0 spiro atoms. The van der Waals surface area contributed by atoms with Crippen molar-refractivity contribution in [3.05, 3.63) is 16.5 Å². The van der Waals surface area contributed by atoms with Gasteiger partial charge in [0.1, 0.15) is 16.2 Å². The molecule has 1 saturated heterocycles. The summed E-state index contributed by atoms with van der Waals surface area (Å²) in [4.78, 5) is 8.81. The summed E-state index contributed by atoms with van der Waals surface area (Å²) in [5.41, 5.74) is 0. The van der Waals surface area contributed by atoms with Gasteiger partial charge in [0.25, 0.3) is 0 Å². The number of hydrogen-bond donors (Lipinski definition) is 1. The Balaban J connectivity index is 1.94. The van der Waals surface area contributed by atoms with Gasteiger partial charge in [-0.1, -0.05) is 6.92 Å². The van der Waals surface area contributed by atoms with E-state index in [1.165, 1.54) is 6.42 Å². The lowest BCUT2D eigenvalue weighted by Gasteiger charge is -2.12. The van der Waals surface area contributed by atoms with Crippen LogP contribution in [0.2, 0.25) is 0 Å². The molecule has 94 valence electrons. The average Bonchev–Trinajstić information content (AvgIpc) is 2.79. The average molecular weight is 300 g/mol. The Labute approximate surface area is 110 Å². The highest BCUT2D eigenvalue weighted by Crippen LogP contribution is 2.16. The maximum Gasteiger partial charge on any atom is 0.132 e. The van der Waals surface area contributed by atoms with Gasteiger partial charge in [-0.05, 0) is 35.2 Å². The summed E-state index contributed by atoms with van der Waals surface area (Å²) in [6.45, 7) is 3.85. The minimum Gasteiger partial charge on any atom is -0.376 e. The SMILES string of the molecule is CCCc1nc(Br)cc(NCC2CCCO2)n1. The van der Waals surface area contributed by atoms with E-state index in [1.807, 2.05) is 6.07 Å². The third-order valence-electron chi connectivity index (χ3n) is 2.75. The lowest BCUT2D eigenvalue weighted by molar-refractivity contribution is 0.120. The van der Waals surface area contributed by atoms with Crippen LogP contribution in [-0.4, -0.2) is 29.2 Å². The van der Waals surface area contributed by atoms with E-state index in [0.717, 1.165) is 48.7 Å². The second kappa shape index (κ2) is 6.31. The highest BCUT2D eigenvalue weighted by molar-refractivity contribution is 9.10. The standard InChI is InChI=1S/C12H18BrN3O/c1-2-4-11-15-10(13)7-12(16-11)14-8-9-5-3-6-17-9/h7,9H,2-6,8H2,1H3,(H,14,15,16). The molecule has 1 N–H and O–H groups in total. The Morgan fingerprint density at radius 2 is 2.41 bits per heavy atom. The fraction of sp³-hybridized carbons (Fsp3) is 0.667. The van der Waals surface area contributed by atoms with Crippen molar-refractivity contribution in [3.63, 3.8) is 0 Å². The molecule has 0 radical (unpaired) electrons. The second-order valence-electron chi connectivity index (χ2n) is 4.26. The minimum absolute atomic E-state index is 0.332. The van der Waals surface area contributed by atoms with Crippen molar-refractivity contribution in [2.75, 3.05) is 18.5 Å². The molecule has 1 aliphatic rings. The number of nitrogens with one attached hydrogen (secondary N) is 1. The summed E-state index contributed by atoms with van der Waals surface area (Å²) in [6.07, 6.45) is 4.61. The van der Waals surface area contributed by atoms with E-state index in [0.29, 0.717) is 6.10 Å². The first-order valence-corrected chi connectivity index (χ1v) is 6.96. The highest BCUT2D eigenvalue weighted by Gasteiger charge is 2.15. The number of anilines is 1. The van der Waals surface area contributed by atoms with E-state index >= 15 is 0 Å². The molecule has 1 aromatic heterocycles. The summed E-state index contributed by atoms with van der Waals surface area (Å²) >= 11 is 3.41. The molecule has 0 aliphatic carbocycles. The molecule has 0 amide bonds. The van der Waals surface area contributed by atoms with Crippen molar-refractivity contribution in [1.82, 2.24) is 9.97 Å². The van der Waals surface area contributed by atoms with Crippen LogP contribution in [0.1, 0.15) is 32.0 Å². The Bertz CT molecular complexity index is 367. The monoisotopic (exact) mass is 299 g/mol. The highest BCUT2D eigenvalue weighted by atomic mass is 79.9. The zero-order chi connectivity index (χ0) is 12.1. The van der Waals surface area contributed by atoms with Gasteiger partial charge in [0, 0.05) is 25.6 Å². The Kier molecular flexibility index (Phi) is 4.74. The number of aromatic nitrogens is 2. The van der Waals surface area contributed by atoms with Crippen molar-refractivity contribution in [1.29, 1.82) is 0 Å². The first-order chi connectivity index (χ1) is 8.28. The maximum absolute atomic E-state index is 5.57. The molecule has 0 aromatic carbocycles. The lowest BCUT2D eigenvalue weighted by atomic mass is 10.2. The number of rotatable bonds is 5. The van der Waals surface area contributed by atoms with Crippen molar-refractivity contribution in [3.8, 4) is 0 Å². The van der Waals surface area contributed by atoms with Crippen LogP contribution in [0.25, 0.3) is 0 Å². The maximum atomic E-state index is 5.57. The van der Waals surface area contributed by atoms with Gasteiger partial charge in [-0.25, -0.2) is 9.97 Å². The Morgan fingerprint density at radius 1 is 1.53 bits per heavy atom. The first-order valence-electron chi connectivity index (χ1n) is 6.17. The molecule has 1 unspecified atom stereocenters. The molecule has 0 saturated carbocycles. The van der Waals surface area contributed by atoms with E-state index < -0.39 is 0 Å². The fourth-order valence-electron chi connectivity index (χ4n) is 1.91. The molecule has 1 aliphatic heterocycles. The van der Waals surface area contributed by atoms with E-state index in [2.05, 4.69) is 38.1 Å². The van der Waals surface area contributed by atoms with Crippen LogP contribution in [0.5, 0.6) is 0 Å². The molecule has 2 heterocycles. The molecule has 17 heavy (non-hydrogen) atoms. The Morgan fingerprint density at radius 3 is 3.12 bits per heavy atom. The van der Waals surface area contributed by atoms with Gasteiger partial charge in [0.05, 0.1) is 6.10 Å². The summed E-state index contributed by atoms with van der Waals surface area (Å²) < 4.78 is 6.40. The van der Waals surface area contributed by atoms with Crippen LogP contribution in [-0.2, 0) is 11.2 Å². The van der Waals surface area contributed by atoms with Gasteiger partial charge in [0.2, 0.25) is 0 Å².